The van der Waals surface area contributed by atoms with Gasteiger partial charge in [-0.3, -0.25) is 0 Å². The predicted molar refractivity (Wildman–Crippen MR) is 39.1 cm³/mol. The first kappa shape index (κ1) is 9.70. The molecule has 0 saturated carbocycles. The first-order chi connectivity index (χ1) is 6.03. The van der Waals surface area contributed by atoms with Crippen LogP contribution in [0.25, 0.3) is 0 Å². The van der Waals surface area contributed by atoms with E-state index in [2.05, 4.69) is 16.6 Å². The summed E-state index contributed by atoms with van der Waals surface area (Å²) in [5, 5.41) is 0. The van der Waals surface area contributed by atoms with Gasteiger partial charge in [0, 0.05) is 0 Å². The van der Waals surface area contributed by atoms with E-state index in [1.165, 1.54) is 18.2 Å². The van der Waals surface area contributed by atoms with E-state index in [0.29, 0.717) is 0 Å². The van der Waals surface area contributed by atoms with Crippen LogP contribution in [0.4, 0.5) is 13.2 Å². The molecule has 0 aliphatic rings. The van der Waals surface area contributed by atoms with Crippen molar-refractivity contribution in [1.82, 2.24) is 0 Å². The normalized spacial score (nSPS) is 11.1. The SMILES string of the molecule is [CH2]Oc1ccccc1OC(F)(F)F. The molecule has 2 nitrogen and oxygen atoms in total. The van der Waals surface area contributed by atoms with Crippen molar-refractivity contribution in [2.24, 2.45) is 0 Å². The predicted octanol–water partition coefficient (Wildman–Crippen LogP) is 2.76. The van der Waals surface area contributed by atoms with Crippen LogP contribution in [-0.4, -0.2) is 6.36 Å². The van der Waals surface area contributed by atoms with Crippen LogP contribution in [0.5, 0.6) is 11.5 Å². The van der Waals surface area contributed by atoms with Crippen molar-refractivity contribution in [3.8, 4) is 11.5 Å². The van der Waals surface area contributed by atoms with Gasteiger partial charge in [0.05, 0.1) is 0 Å². The maximum atomic E-state index is 11.8. The molecule has 0 saturated heterocycles. The quantitative estimate of drug-likeness (QED) is 0.715. The van der Waals surface area contributed by atoms with E-state index >= 15 is 0 Å². The minimum Gasteiger partial charge on any atom is -0.486 e. The molecule has 1 aromatic carbocycles. The average molecular weight is 191 g/mol. The molecule has 0 spiro atoms. The Labute approximate surface area is 72.9 Å². The zero-order chi connectivity index (χ0) is 9.90. The van der Waals surface area contributed by atoms with Crippen LogP contribution in [0.15, 0.2) is 24.3 Å². The Morgan fingerprint density at radius 3 is 2.08 bits per heavy atom. The lowest BCUT2D eigenvalue weighted by Crippen LogP contribution is -2.17. The Balaban J connectivity index is 2.87. The molecule has 0 unspecified atom stereocenters. The van der Waals surface area contributed by atoms with Gasteiger partial charge >= 0.3 is 6.36 Å². The third kappa shape index (κ3) is 2.85. The number of alkyl halides is 3. The maximum Gasteiger partial charge on any atom is 0.573 e. The fraction of sp³-hybridized carbons (Fsp3) is 0.125. The Kier molecular flexibility index (Phi) is 2.65. The highest BCUT2D eigenvalue weighted by atomic mass is 19.4. The summed E-state index contributed by atoms with van der Waals surface area (Å²) in [4.78, 5) is 0. The number of hydrogen-bond acceptors (Lipinski definition) is 2. The Bertz CT molecular complexity index is 283. The van der Waals surface area contributed by atoms with Crippen molar-refractivity contribution in [1.29, 1.82) is 0 Å². The molecule has 0 fully saturated rings. The summed E-state index contributed by atoms with van der Waals surface area (Å²) in [6, 6.07) is 5.40. The standard InChI is InChI=1S/C8H6F3O2/c1-12-6-4-2-3-5-7(6)13-8(9,10)11/h2-5H,1H2. The lowest BCUT2D eigenvalue weighted by molar-refractivity contribution is -0.275. The number of halogens is 3. The van der Waals surface area contributed by atoms with E-state index < -0.39 is 12.1 Å². The number of ether oxygens (including phenoxy) is 2. The molecular formula is C8H6F3O2. The minimum absolute atomic E-state index is 0.0557. The van der Waals surface area contributed by atoms with Gasteiger partial charge in [-0.1, -0.05) is 12.1 Å². The maximum absolute atomic E-state index is 11.8. The van der Waals surface area contributed by atoms with Crippen molar-refractivity contribution in [2.45, 2.75) is 6.36 Å². The molecule has 0 atom stereocenters. The highest BCUT2D eigenvalue weighted by molar-refractivity contribution is 5.39. The number of hydrogen-bond donors (Lipinski definition) is 0. The van der Waals surface area contributed by atoms with Crippen LogP contribution >= 0.6 is 0 Å². The molecule has 0 N–H and O–H groups in total. The van der Waals surface area contributed by atoms with Gasteiger partial charge < -0.3 is 9.47 Å². The smallest absolute Gasteiger partial charge is 0.486 e. The molecule has 13 heavy (non-hydrogen) atoms. The molecule has 0 heterocycles. The zero-order valence-electron chi connectivity index (χ0n) is 6.47. The fourth-order valence-corrected chi connectivity index (χ4v) is 0.778. The summed E-state index contributed by atoms with van der Waals surface area (Å²) in [7, 11) is 3.00. The second-order valence-corrected chi connectivity index (χ2v) is 2.14. The van der Waals surface area contributed by atoms with Gasteiger partial charge in [-0.15, -0.1) is 13.2 Å². The minimum atomic E-state index is -4.71. The monoisotopic (exact) mass is 191 g/mol. The second kappa shape index (κ2) is 3.55. The van der Waals surface area contributed by atoms with Crippen molar-refractivity contribution in [2.75, 3.05) is 0 Å². The second-order valence-electron chi connectivity index (χ2n) is 2.14. The van der Waals surface area contributed by atoms with E-state index in [4.69, 9.17) is 0 Å². The van der Waals surface area contributed by atoms with E-state index in [0.717, 1.165) is 6.07 Å². The molecule has 1 rings (SSSR count). The topological polar surface area (TPSA) is 18.5 Å². The molecule has 0 aromatic heterocycles. The van der Waals surface area contributed by atoms with Gasteiger partial charge in [-0.05, 0) is 12.1 Å². The first-order valence-corrected chi connectivity index (χ1v) is 3.30. The zero-order valence-corrected chi connectivity index (χ0v) is 6.47. The molecule has 0 aliphatic heterocycles. The third-order valence-corrected chi connectivity index (χ3v) is 1.23. The Morgan fingerprint density at radius 1 is 1.08 bits per heavy atom. The van der Waals surface area contributed by atoms with Crippen molar-refractivity contribution in [3.05, 3.63) is 31.4 Å². The van der Waals surface area contributed by atoms with Crippen LogP contribution < -0.4 is 9.47 Å². The molecule has 1 radical (unpaired) electrons. The van der Waals surface area contributed by atoms with E-state index in [-0.39, 0.29) is 5.75 Å². The highest BCUT2D eigenvalue weighted by Crippen LogP contribution is 2.31. The summed E-state index contributed by atoms with van der Waals surface area (Å²) in [5.41, 5.74) is 0. The molecule has 0 bridgehead atoms. The van der Waals surface area contributed by atoms with Crippen molar-refractivity contribution >= 4 is 0 Å². The highest BCUT2D eigenvalue weighted by Gasteiger charge is 2.32. The van der Waals surface area contributed by atoms with Gasteiger partial charge in [-0.25, -0.2) is 0 Å². The summed E-state index contributed by atoms with van der Waals surface area (Å²) < 4.78 is 43.4. The van der Waals surface area contributed by atoms with Crippen LogP contribution in [0.1, 0.15) is 0 Å². The fourth-order valence-electron chi connectivity index (χ4n) is 0.778. The lowest BCUT2D eigenvalue weighted by atomic mass is 10.3. The van der Waals surface area contributed by atoms with Crippen LogP contribution in [0, 0.1) is 7.11 Å². The summed E-state index contributed by atoms with van der Waals surface area (Å²) in [6.45, 7) is 0. The molecular weight excluding hydrogens is 185 g/mol. The van der Waals surface area contributed by atoms with Gasteiger partial charge in [-0.2, -0.15) is 0 Å². The van der Waals surface area contributed by atoms with Crippen LogP contribution in [0.3, 0.4) is 0 Å². The van der Waals surface area contributed by atoms with Gasteiger partial charge in [0.25, 0.3) is 0 Å². The number of benzene rings is 1. The molecule has 5 heteroatoms. The Hall–Kier alpha value is -1.39. The summed E-state index contributed by atoms with van der Waals surface area (Å²) in [6.07, 6.45) is -4.71. The van der Waals surface area contributed by atoms with Crippen molar-refractivity contribution in [3.63, 3.8) is 0 Å². The first-order valence-electron chi connectivity index (χ1n) is 3.30. The Morgan fingerprint density at radius 2 is 1.62 bits per heavy atom. The summed E-state index contributed by atoms with van der Waals surface area (Å²) >= 11 is 0. The van der Waals surface area contributed by atoms with E-state index in [9.17, 15) is 13.2 Å². The molecule has 0 aliphatic carbocycles. The lowest BCUT2D eigenvalue weighted by Gasteiger charge is -2.11. The average Bonchev–Trinajstić information content (AvgIpc) is 2.02. The van der Waals surface area contributed by atoms with E-state index in [1.54, 1.807) is 0 Å². The van der Waals surface area contributed by atoms with Gasteiger partial charge in [0.15, 0.2) is 11.5 Å². The third-order valence-electron chi connectivity index (χ3n) is 1.23. The van der Waals surface area contributed by atoms with Gasteiger partial charge in [0.2, 0.25) is 0 Å². The number of rotatable bonds is 2. The molecule has 0 amide bonds. The van der Waals surface area contributed by atoms with Gasteiger partial charge in [0.1, 0.15) is 7.11 Å². The van der Waals surface area contributed by atoms with Crippen LogP contribution in [0.2, 0.25) is 0 Å². The van der Waals surface area contributed by atoms with Crippen LogP contribution in [-0.2, 0) is 0 Å². The molecule has 1 aromatic rings. The molecule has 71 valence electrons. The number of para-hydroxylation sites is 2. The largest absolute Gasteiger partial charge is 0.573 e. The summed E-state index contributed by atoms with van der Waals surface area (Å²) in [5.74, 6) is -0.454. The van der Waals surface area contributed by atoms with E-state index in [1.807, 2.05) is 0 Å². The van der Waals surface area contributed by atoms with Crippen molar-refractivity contribution < 1.29 is 22.6 Å².